The molecule has 0 aliphatic rings. The molecule has 0 atom stereocenters. The van der Waals surface area contributed by atoms with Gasteiger partial charge in [-0.25, -0.2) is 13.6 Å². The van der Waals surface area contributed by atoms with E-state index in [4.69, 9.17) is 5.11 Å². The molecule has 0 radical (unpaired) electrons. The molecule has 0 unspecified atom stereocenters. The number of carboxylic acid groups (broad SMARTS) is 1. The van der Waals surface area contributed by atoms with Crippen LogP contribution in [0, 0.1) is 23.5 Å². The lowest BCUT2D eigenvalue weighted by molar-refractivity contribution is -0.109. The number of halogens is 2. The van der Waals surface area contributed by atoms with Gasteiger partial charge in [-0.1, -0.05) is 23.6 Å². The zero-order valence-electron chi connectivity index (χ0n) is 9.29. The van der Waals surface area contributed by atoms with E-state index in [0.717, 1.165) is 17.8 Å². The minimum Gasteiger partial charge on any atom is -0.478 e. The first-order valence-corrected chi connectivity index (χ1v) is 5.75. The second-order valence-corrected chi connectivity index (χ2v) is 4.35. The van der Waals surface area contributed by atoms with Crippen molar-refractivity contribution >= 4 is 22.8 Å². The Balaban J connectivity index is 2.98. The Hall–Kier alpha value is -1.87. The fraction of sp³-hybridized carbons (Fsp3) is 0.167. The molecule has 1 aromatic carbocycles. The van der Waals surface area contributed by atoms with Crippen molar-refractivity contribution in [1.82, 2.24) is 0 Å². The third kappa shape index (κ3) is 3.86. The maximum absolute atomic E-state index is 13.3. The molecule has 1 N–H and O–H groups in total. The van der Waals surface area contributed by atoms with E-state index >= 15 is 0 Å². The van der Waals surface area contributed by atoms with Crippen molar-refractivity contribution < 1.29 is 23.5 Å². The molecule has 1 aromatic rings. The molecular weight excluding hydrogens is 262 g/mol. The Morgan fingerprint density at radius 1 is 1.33 bits per heavy atom. The van der Waals surface area contributed by atoms with E-state index in [9.17, 15) is 18.4 Å². The van der Waals surface area contributed by atoms with Gasteiger partial charge in [-0.2, -0.15) is 0 Å². The maximum Gasteiger partial charge on any atom is 0.338 e. The normalized spacial score (nSPS) is 9.50. The van der Waals surface area contributed by atoms with Gasteiger partial charge >= 0.3 is 5.97 Å². The lowest BCUT2D eigenvalue weighted by atomic mass is 10.1. The molecule has 3 nitrogen and oxygen atoms in total. The van der Waals surface area contributed by atoms with Crippen LogP contribution < -0.4 is 0 Å². The molecule has 0 aliphatic carbocycles. The number of carboxylic acids is 1. The smallest absolute Gasteiger partial charge is 0.338 e. The van der Waals surface area contributed by atoms with Crippen LogP contribution in [0.5, 0.6) is 0 Å². The second kappa shape index (κ2) is 6.17. The fourth-order valence-corrected chi connectivity index (χ4v) is 1.43. The zero-order valence-corrected chi connectivity index (χ0v) is 10.1. The van der Waals surface area contributed by atoms with Gasteiger partial charge in [0.05, 0.1) is 16.9 Å². The van der Waals surface area contributed by atoms with Crippen LogP contribution in [0.3, 0.4) is 0 Å². The fourth-order valence-electron chi connectivity index (χ4n) is 1.08. The van der Waals surface area contributed by atoms with Gasteiger partial charge in [-0.05, 0) is 6.07 Å². The highest BCUT2D eigenvalue weighted by atomic mass is 32.2. The Labute approximate surface area is 106 Å². The van der Waals surface area contributed by atoms with Gasteiger partial charge in [0.1, 0.15) is 11.6 Å². The average molecular weight is 270 g/mol. The molecular formula is C12H8F2O3S. The van der Waals surface area contributed by atoms with Crippen molar-refractivity contribution in [3.8, 4) is 11.8 Å². The van der Waals surface area contributed by atoms with Crippen LogP contribution in [-0.2, 0) is 4.79 Å². The van der Waals surface area contributed by atoms with Crippen molar-refractivity contribution in [3.05, 3.63) is 34.9 Å². The highest BCUT2D eigenvalue weighted by molar-refractivity contribution is 8.13. The minimum atomic E-state index is -1.49. The molecule has 0 aliphatic heterocycles. The van der Waals surface area contributed by atoms with Gasteiger partial charge in [0, 0.05) is 13.0 Å². The summed E-state index contributed by atoms with van der Waals surface area (Å²) >= 11 is 0.945. The summed E-state index contributed by atoms with van der Waals surface area (Å²) in [5, 5.41) is 8.54. The van der Waals surface area contributed by atoms with E-state index in [-0.39, 0.29) is 16.4 Å². The van der Waals surface area contributed by atoms with Crippen molar-refractivity contribution in [2.75, 3.05) is 5.75 Å². The average Bonchev–Trinajstić information content (AvgIpc) is 2.25. The summed E-state index contributed by atoms with van der Waals surface area (Å²) < 4.78 is 26.3. The van der Waals surface area contributed by atoms with Crippen LogP contribution >= 0.6 is 11.8 Å². The SMILES string of the molecule is CC(=O)SCC#Cc1cc(C(=O)O)c(F)cc1F. The topological polar surface area (TPSA) is 54.4 Å². The lowest BCUT2D eigenvalue weighted by Gasteiger charge is -1.99. The predicted molar refractivity (Wildman–Crippen MR) is 63.3 cm³/mol. The number of carbonyl (C=O) groups is 2. The molecule has 0 saturated carbocycles. The molecule has 18 heavy (non-hydrogen) atoms. The van der Waals surface area contributed by atoms with Crippen LogP contribution in [0.2, 0.25) is 0 Å². The largest absolute Gasteiger partial charge is 0.478 e. The van der Waals surface area contributed by atoms with Gasteiger partial charge in [-0.15, -0.1) is 0 Å². The summed E-state index contributed by atoms with van der Waals surface area (Å²) in [5.74, 6) is 1.45. The highest BCUT2D eigenvalue weighted by Crippen LogP contribution is 2.14. The first kappa shape index (κ1) is 14.2. The monoisotopic (exact) mass is 270 g/mol. The van der Waals surface area contributed by atoms with Gasteiger partial charge in [-0.3, -0.25) is 4.79 Å². The standard InChI is InChI=1S/C12H8F2O3S/c1-7(15)18-4-2-3-8-5-9(12(16)17)11(14)6-10(8)13/h5-6H,4H2,1H3,(H,16,17). The molecule has 1 rings (SSSR count). The number of aromatic carboxylic acids is 1. The molecule has 94 valence electrons. The number of hydrogen-bond acceptors (Lipinski definition) is 3. The molecule has 0 heterocycles. The predicted octanol–water partition coefficient (Wildman–Crippen LogP) is 2.29. The van der Waals surface area contributed by atoms with Gasteiger partial charge in [0.15, 0.2) is 5.12 Å². The number of carbonyl (C=O) groups excluding carboxylic acids is 1. The van der Waals surface area contributed by atoms with Gasteiger partial charge < -0.3 is 5.11 Å². The highest BCUT2D eigenvalue weighted by Gasteiger charge is 2.13. The molecule has 6 heteroatoms. The van der Waals surface area contributed by atoms with E-state index < -0.39 is 23.2 Å². The second-order valence-electron chi connectivity index (χ2n) is 3.20. The lowest BCUT2D eigenvalue weighted by Crippen LogP contribution is -2.02. The van der Waals surface area contributed by atoms with Gasteiger partial charge in [0.2, 0.25) is 0 Å². The number of hydrogen-bond donors (Lipinski definition) is 1. The Bertz CT molecular complexity index is 558. The molecule has 0 spiro atoms. The molecule has 0 amide bonds. The third-order valence-electron chi connectivity index (χ3n) is 1.86. The maximum atomic E-state index is 13.3. The van der Waals surface area contributed by atoms with Crippen molar-refractivity contribution in [3.63, 3.8) is 0 Å². The molecule has 0 bridgehead atoms. The van der Waals surface area contributed by atoms with E-state index in [1.807, 2.05) is 0 Å². The van der Waals surface area contributed by atoms with Crippen LogP contribution in [0.1, 0.15) is 22.8 Å². The number of rotatable bonds is 2. The zero-order chi connectivity index (χ0) is 13.7. The molecule has 0 saturated heterocycles. The van der Waals surface area contributed by atoms with E-state index in [2.05, 4.69) is 11.8 Å². The molecule has 0 fully saturated rings. The Kier molecular flexibility index (Phi) is 4.86. The summed E-state index contributed by atoms with van der Waals surface area (Å²) in [4.78, 5) is 21.2. The van der Waals surface area contributed by atoms with Crippen LogP contribution in [0.4, 0.5) is 8.78 Å². The van der Waals surface area contributed by atoms with Crippen LogP contribution in [0.15, 0.2) is 12.1 Å². The summed E-state index contributed by atoms with van der Waals surface area (Å²) in [6, 6.07) is 1.31. The summed E-state index contributed by atoms with van der Waals surface area (Å²) in [6.45, 7) is 1.37. The first-order valence-electron chi connectivity index (χ1n) is 4.76. The summed E-state index contributed by atoms with van der Waals surface area (Å²) in [5.41, 5.74) is -0.849. The first-order chi connectivity index (χ1) is 8.41. The van der Waals surface area contributed by atoms with E-state index in [1.165, 1.54) is 6.92 Å². The summed E-state index contributed by atoms with van der Waals surface area (Å²) in [7, 11) is 0. The third-order valence-corrected chi connectivity index (χ3v) is 2.55. The van der Waals surface area contributed by atoms with Crippen molar-refractivity contribution in [2.45, 2.75) is 6.92 Å². The van der Waals surface area contributed by atoms with E-state index in [0.29, 0.717) is 6.07 Å². The minimum absolute atomic E-state index is 0.130. The Morgan fingerprint density at radius 3 is 2.56 bits per heavy atom. The molecule has 0 aromatic heterocycles. The van der Waals surface area contributed by atoms with Crippen molar-refractivity contribution in [2.24, 2.45) is 0 Å². The number of thioether (sulfide) groups is 1. The van der Waals surface area contributed by atoms with Crippen molar-refractivity contribution in [1.29, 1.82) is 0 Å². The van der Waals surface area contributed by atoms with Crippen LogP contribution in [0.25, 0.3) is 0 Å². The van der Waals surface area contributed by atoms with E-state index in [1.54, 1.807) is 0 Å². The quantitative estimate of drug-likeness (QED) is 0.838. The summed E-state index contributed by atoms with van der Waals surface area (Å²) in [6.07, 6.45) is 0. The van der Waals surface area contributed by atoms with Crippen LogP contribution in [-0.4, -0.2) is 21.9 Å². The number of benzene rings is 1. The van der Waals surface area contributed by atoms with Gasteiger partial charge in [0.25, 0.3) is 0 Å². The Morgan fingerprint density at radius 2 is 2.00 bits per heavy atom.